The summed E-state index contributed by atoms with van der Waals surface area (Å²) in [5.41, 5.74) is 4.68. The summed E-state index contributed by atoms with van der Waals surface area (Å²) in [4.78, 5) is 28.1. The molecule has 0 saturated carbocycles. The van der Waals surface area contributed by atoms with Crippen molar-refractivity contribution < 1.29 is 0 Å². The lowest BCUT2D eigenvalue weighted by Gasteiger charge is -2.22. The fraction of sp³-hybridized carbons (Fsp3) is 0.312. The van der Waals surface area contributed by atoms with Crippen molar-refractivity contribution in [3.63, 3.8) is 0 Å². The summed E-state index contributed by atoms with van der Waals surface area (Å²) in [7, 11) is 0. The highest BCUT2D eigenvalue weighted by Gasteiger charge is 2.24. The molecule has 0 amide bonds. The fourth-order valence-electron chi connectivity index (χ4n) is 5.86. The Balaban J connectivity index is 1.81. The third-order valence-corrected chi connectivity index (χ3v) is 7.37. The van der Waals surface area contributed by atoms with Crippen LogP contribution in [0, 0.1) is 27.7 Å². The van der Waals surface area contributed by atoms with Crippen LogP contribution < -0.4 is 0 Å². The summed E-state index contributed by atoms with van der Waals surface area (Å²) in [5.74, 6) is 5.03. The van der Waals surface area contributed by atoms with Crippen molar-refractivity contribution in [1.82, 2.24) is 29.9 Å². The molecule has 0 radical (unpaired) electrons. The summed E-state index contributed by atoms with van der Waals surface area (Å²) < 4.78 is 0. The lowest BCUT2D eigenvalue weighted by Crippen LogP contribution is -2.05. The smallest absolute Gasteiger partial charge is 0.164 e. The van der Waals surface area contributed by atoms with E-state index in [4.69, 9.17) is 19.9 Å². The van der Waals surface area contributed by atoms with Crippen molar-refractivity contribution in [2.45, 2.75) is 67.2 Å². The Hall–Kier alpha value is -4.06. The van der Waals surface area contributed by atoms with E-state index in [0.717, 1.165) is 46.1 Å². The van der Waals surface area contributed by atoms with Gasteiger partial charge in [-0.2, -0.15) is 0 Å². The zero-order chi connectivity index (χ0) is 26.9. The van der Waals surface area contributed by atoms with Gasteiger partial charge in [-0.25, -0.2) is 29.9 Å². The minimum Gasteiger partial charge on any atom is -0.219 e. The Morgan fingerprint density at radius 3 is 1.13 bits per heavy atom. The molecule has 0 spiro atoms. The predicted molar refractivity (Wildman–Crippen MR) is 155 cm³/mol. The number of hydrogen-bond donors (Lipinski definition) is 0. The normalized spacial score (nSPS) is 12.2. The first-order chi connectivity index (χ1) is 18.1. The molecule has 190 valence electrons. The Bertz CT molecular complexity index is 1690. The molecule has 0 aliphatic rings. The van der Waals surface area contributed by atoms with Crippen LogP contribution in [0.4, 0.5) is 0 Å². The van der Waals surface area contributed by atoms with E-state index in [1.54, 1.807) is 0 Å². The molecule has 0 bridgehead atoms. The van der Waals surface area contributed by atoms with Crippen molar-refractivity contribution >= 4 is 32.3 Å². The average molecular weight is 501 g/mol. The first kappa shape index (κ1) is 24.3. The van der Waals surface area contributed by atoms with Crippen molar-refractivity contribution in [3.05, 3.63) is 70.8 Å². The maximum Gasteiger partial charge on any atom is 0.164 e. The molecule has 6 aromatic rings. The van der Waals surface area contributed by atoms with Crippen LogP contribution in [0.15, 0.2) is 36.4 Å². The molecule has 38 heavy (non-hydrogen) atoms. The van der Waals surface area contributed by atoms with E-state index in [2.05, 4.69) is 74.1 Å². The fourth-order valence-corrected chi connectivity index (χ4v) is 5.86. The zero-order valence-corrected chi connectivity index (χ0v) is 23.3. The molecule has 6 nitrogen and oxygen atoms in total. The molecule has 0 aliphatic heterocycles. The van der Waals surface area contributed by atoms with Gasteiger partial charge in [0.05, 0.1) is 0 Å². The predicted octanol–water partition coefficient (Wildman–Crippen LogP) is 7.77. The zero-order valence-electron chi connectivity index (χ0n) is 23.3. The molecule has 6 rings (SSSR count). The Labute approximate surface area is 223 Å². The molecular formula is C32H32N6. The van der Waals surface area contributed by atoms with Crippen LogP contribution in [0.1, 0.15) is 74.0 Å². The number of aromatic nitrogens is 6. The lowest BCUT2D eigenvalue weighted by atomic mass is 9.83. The minimum atomic E-state index is 0.309. The van der Waals surface area contributed by atoms with Gasteiger partial charge in [0.1, 0.15) is 23.3 Å². The van der Waals surface area contributed by atoms with Gasteiger partial charge in [0.15, 0.2) is 11.6 Å². The third-order valence-electron chi connectivity index (χ3n) is 7.37. The Morgan fingerprint density at radius 2 is 0.816 bits per heavy atom. The summed E-state index contributed by atoms with van der Waals surface area (Å²) >= 11 is 0. The molecule has 6 heteroatoms. The third kappa shape index (κ3) is 3.78. The second-order valence-corrected chi connectivity index (χ2v) is 10.9. The molecule has 4 aromatic carbocycles. The van der Waals surface area contributed by atoms with E-state index in [-0.39, 0.29) is 0 Å². The molecule has 0 N–H and O–H groups in total. The van der Waals surface area contributed by atoms with Gasteiger partial charge >= 0.3 is 0 Å². The van der Waals surface area contributed by atoms with E-state index in [1.165, 1.54) is 43.4 Å². The van der Waals surface area contributed by atoms with Crippen molar-refractivity contribution in [2.75, 3.05) is 0 Å². The van der Waals surface area contributed by atoms with Crippen molar-refractivity contribution in [3.8, 4) is 22.8 Å². The van der Waals surface area contributed by atoms with Gasteiger partial charge in [0.2, 0.25) is 0 Å². The number of hydrogen-bond acceptors (Lipinski definition) is 6. The monoisotopic (exact) mass is 500 g/mol. The van der Waals surface area contributed by atoms with E-state index < -0.39 is 0 Å². The first-order valence-electron chi connectivity index (χ1n) is 13.3. The Kier molecular flexibility index (Phi) is 5.60. The highest BCUT2D eigenvalue weighted by molar-refractivity contribution is 6.28. The maximum absolute atomic E-state index is 4.80. The summed E-state index contributed by atoms with van der Waals surface area (Å²) in [5, 5.41) is 7.24. The van der Waals surface area contributed by atoms with Crippen LogP contribution in [0.2, 0.25) is 0 Å². The van der Waals surface area contributed by atoms with Gasteiger partial charge in [-0.15, -0.1) is 0 Å². The molecule has 0 fully saturated rings. The highest BCUT2D eigenvalue weighted by atomic mass is 15.0. The molecule has 0 atom stereocenters. The number of benzene rings is 4. The molecule has 0 unspecified atom stereocenters. The molecule has 0 saturated heterocycles. The van der Waals surface area contributed by atoms with Crippen LogP contribution in [-0.4, -0.2) is 29.9 Å². The van der Waals surface area contributed by atoms with Crippen molar-refractivity contribution in [1.29, 1.82) is 0 Å². The second kappa shape index (κ2) is 8.76. The van der Waals surface area contributed by atoms with E-state index in [9.17, 15) is 0 Å². The van der Waals surface area contributed by atoms with Gasteiger partial charge in [-0.3, -0.25) is 0 Å². The number of nitrogens with zero attached hydrogens (tertiary/aromatic N) is 6. The van der Waals surface area contributed by atoms with E-state index in [1.807, 2.05) is 27.7 Å². The van der Waals surface area contributed by atoms with Gasteiger partial charge in [0.25, 0.3) is 0 Å². The average Bonchev–Trinajstić information content (AvgIpc) is 2.84. The number of rotatable bonds is 4. The summed E-state index contributed by atoms with van der Waals surface area (Å²) in [6, 6.07) is 13.6. The van der Waals surface area contributed by atoms with E-state index >= 15 is 0 Å². The van der Waals surface area contributed by atoms with Crippen LogP contribution in [0.25, 0.3) is 55.1 Å². The lowest BCUT2D eigenvalue weighted by molar-refractivity contribution is 0.863. The van der Waals surface area contributed by atoms with Gasteiger partial charge in [-0.1, -0.05) is 64.1 Å². The first-order valence-corrected chi connectivity index (χ1v) is 13.3. The maximum atomic E-state index is 4.80. The number of aryl methyl sites for hydroxylation is 4. The standard InChI is InChI=1S/C32H32N6/c1-15(2)25-13-21-9-12-24-28-22(14-26(16(3)4)30(24)32-37-19(7)34-20(8)38-32)10-11-23(27(21)28)29(25)31-35-17(5)33-18(6)36-31/h9-16H,1-8H3. The van der Waals surface area contributed by atoms with Crippen LogP contribution >= 0.6 is 0 Å². The molecule has 2 heterocycles. The summed E-state index contributed by atoms with van der Waals surface area (Å²) in [6.07, 6.45) is 0. The molecule has 2 aromatic heterocycles. The Morgan fingerprint density at radius 1 is 0.474 bits per heavy atom. The molecule has 0 aliphatic carbocycles. The quantitative estimate of drug-likeness (QED) is 0.230. The van der Waals surface area contributed by atoms with Crippen LogP contribution in [0.3, 0.4) is 0 Å². The topological polar surface area (TPSA) is 77.3 Å². The summed E-state index contributed by atoms with van der Waals surface area (Å²) in [6.45, 7) is 16.7. The SMILES string of the molecule is Cc1nc(C)nc(-c2c(C(C)C)cc3ccc4c(-c5nc(C)nc(C)n5)c(C(C)C)cc5ccc2c3c54)n1. The largest absolute Gasteiger partial charge is 0.219 e. The second-order valence-electron chi connectivity index (χ2n) is 10.9. The van der Waals surface area contributed by atoms with Crippen LogP contribution in [0.5, 0.6) is 0 Å². The minimum absolute atomic E-state index is 0.309. The van der Waals surface area contributed by atoms with E-state index in [0.29, 0.717) is 11.8 Å². The molecular weight excluding hydrogens is 468 g/mol. The van der Waals surface area contributed by atoms with Crippen LogP contribution in [-0.2, 0) is 0 Å². The van der Waals surface area contributed by atoms with Gasteiger partial charge in [0, 0.05) is 11.1 Å². The van der Waals surface area contributed by atoms with Gasteiger partial charge < -0.3 is 0 Å². The highest BCUT2D eigenvalue weighted by Crippen LogP contribution is 2.46. The van der Waals surface area contributed by atoms with Crippen molar-refractivity contribution in [2.24, 2.45) is 0 Å². The van der Waals surface area contributed by atoms with Gasteiger partial charge in [-0.05, 0) is 83.0 Å².